The number of amides is 2. The van der Waals surface area contributed by atoms with Crippen molar-refractivity contribution in [3.8, 4) is 11.1 Å². The normalized spacial score (nSPS) is 14.4. The summed E-state index contributed by atoms with van der Waals surface area (Å²) in [6.45, 7) is 0. The van der Waals surface area contributed by atoms with E-state index < -0.39 is 15.3 Å². The first-order chi connectivity index (χ1) is 12.8. The van der Waals surface area contributed by atoms with Crippen molar-refractivity contribution in [3.63, 3.8) is 0 Å². The SMILES string of the molecule is O=C1CCCC(=O)N1.O=S(=O)(O)c1nc2c(-c3ccccc3)cccc2[nH]1. The summed E-state index contributed by atoms with van der Waals surface area (Å²) in [7, 11) is -4.33. The Morgan fingerprint density at radius 1 is 0.926 bits per heavy atom. The number of rotatable bonds is 2. The van der Waals surface area contributed by atoms with Gasteiger partial charge in [0.15, 0.2) is 0 Å². The summed E-state index contributed by atoms with van der Waals surface area (Å²) in [4.78, 5) is 27.2. The van der Waals surface area contributed by atoms with E-state index in [1.54, 1.807) is 12.1 Å². The van der Waals surface area contributed by atoms with E-state index in [1.807, 2.05) is 36.4 Å². The van der Waals surface area contributed by atoms with Gasteiger partial charge in [0.25, 0.3) is 5.16 Å². The van der Waals surface area contributed by atoms with Crippen LogP contribution in [0.4, 0.5) is 0 Å². The van der Waals surface area contributed by atoms with Crippen LogP contribution in [0.3, 0.4) is 0 Å². The lowest BCUT2D eigenvalue weighted by Gasteiger charge is -2.07. The maximum Gasteiger partial charge on any atom is 0.328 e. The topological polar surface area (TPSA) is 129 Å². The molecule has 1 aromatic heterocycles. The predicted molar refractivity (Wildman–Crippen MR) is 98.3 cm³/mol. The van der Waals surface area contributed by atoms with E-state index in [9.17, 15) is 18.0 Å². The Morgan fingerprint density at radius 3 is 2.15 bits per heavy atom. The van der Waals surface area contributed by atoms with Gasteiger partial charge in [-0.2, -0.15) is 8.42 Å². The fourth-order valence-corrected chi connectivity index (χ4v) is 3.12. The van der Waals surface area contributed by atoms with Crippen molar-refractivity contribution >= 4 is 33.0 Å². The van der Waals surface area contributed by atoms with Crippen LogP contribution in [-0.4, -0.2) is 34.8 Å². The highest BCUT2D eigenvalue weighted by molar-refractivity contribution is 7.85. The van der Waals surface area contributed by atoms with E-state index in [1.165, 1.54) is 0 Å². The van der Waals surface area contributed by atoms with Crippen molar-refractivity contribution in [1.29, 1.82) is 0 Å². The highest BCUT2D eigenvalue weighted by Gasteiger charge is 2.17. The van der Waals surface area contributed by atoms with E-state index in [4.69, 9.17) is 4.55 Å². The number of fused-ring (bicyclic) bond motifs is 1. The molecule has 27 heavy (non-hydrogen) atoms. The third kappa shape index (κ3) is 4.57. The second-order valence-corrected chi connectivity index (χ2v) is 7.25. The Hall–Kier alpha value is -3.04. The average Bonchev–Trinajstić information content (AvgIpc) is 3.07. The highest BCUT2D eigenvalue weighted by atomic mass is 32.2. The predicted octanol–water partition coefficient (Wildman–Crippen LogP) is 2.29. The molecule has 2 aromatic carbocycles. The number of benzene rings is 2. The van der Waals surface area contributed by atoms with Crippen molar-refractivity contribution in [3.05, 3.63) is 48.5 Å². The van der Waals surface area contributed by atoms with Crippen molar-refractivity contribution in [2.24, 2.45) is 0 Å². The van der Waals surface area contributed by atoms with E-state index >= 15 is 0 Å². The van der Waals surface area contributed by atoms with Crippen molar-refractivity contribution in [1.82, 2.24) is 15.3 Å². The van der Waals surface area contributed by atoms with Gasteiger partial charge >= 0.3 is 10.1 Å². The molecule has 2 heterocycles. The zero-order valence-electron chi connectivity index (χ0n) is 14.2. The maximum atomic E-state index is 11.1. The quantitative estimate of drug-likeness (QED) is 0.457. The standard InChI is InChI=1S/C13H10N2O3S.C5H7NO2/c16-19(17,18)13-14-11-8-4-7-10(12(11)15-13)9-5-2-1-3-6-9;7-4-2-1-3-5(8)6-4/h1-8H,(H,14,15)(H,16,17,18);1-3H2,(H,6,7,8). The smallest absolute Gasteiger partial charge is 0.327 e. The van der Waals surface area contributed by atoms with Crippen molar-refractivity contribution in [2.45, 2.75) is 24.4 Å². The molecule has 0 aliphatic carbocycles. The fourth-order valence-electron chi connectivity index (χ4n) is 2.67. The monoisotopic (exact) mass is 387 g/mol. The number of carbonyl (C=O) groups is 2. The molecule has 8 nitrogen and oxygen atoms in total. The largest absolute Gasteiger partial charge is 0.328 e. The lowest BCUT2D eigenvalue weighted by Crippen LogP contribution is -2.33. The molecule has 3 aromatic rings. The van der Waals surface area contributed by atoms with Crippen LogP contribution in [0, 0.1) is 0 Å². The minimum absolute atomic E-state index is 0.138. The molecule has 0 radical (unpaired) electrons. The van der Waals surface area contributed by atoms with Crippen LogP contribution in [0.2, 0.25) is 0 Å². The summed E-state index contributed by atoms with van der Waals surface area (Å²) < 4.78 is 31.3. The summed E-state index contributed by atoms with van der Waals surface area (Å²) in [5.41, 5.74) is 2.82. The molecule has 1 aliphatic heterocycles. The number of imidazole rings is 1. The lowest BCUT2D eigenvalue weighted by atomic mass is 10.0. The number of aromatic nitrogens is 2. The first-order valence-electron chi connectivity index (χ1n) is 8.19. The van der Waals surface area contributed by atoms with Crippen LogP contribution in [0.25, 0.3) is 22.2 Å². The molecule has 0 bridgehead atoms. The number of carbonyl (C=O) groups excluding carboxylic acids is 2. The van der Waals surface area contributed by atoms with Gasteiger partial charge in [0.1, 0.15) is 0 Å². The highest BCUT2D eigenvalue weighted by Crippen LogP contribution is 2.27. The van der Waals surface area contributed by atoms with E-state index in [2.05, 4.69) is 15.3 Å². The van der Waals surface area contributed by atoms with E-state index in [0.29, 0.717) is 30.3 Å². The molecule has 0 saturated carbocycles. The minimum Gasteiger partial charge on any atom is -0.327 e. The number of imide groups is 1. The molecular weight excluding hydrogens is 370 g/mol. The minimum atomic E-state index is -4.33. The average molecular weight is 387 g/mol. The summed E-state index contributed by atoms with van der Waals surface area (Å²) in [6.07, 6.45) is 1.72. The van der Waals surface area contributed by atoms with Gasteiger partial charge in [-0.1, -0.05) is 42.5 Å². The van der Waals surface area contributed by atoms with Crippen molar-refractivity contribution < 1.29 is 22.6 Å². The molecule has 0 unspecified atom stereocenters. The van der Waals surface area contributed by atoms with Gasteiger partial charge in [0, 0.05) is 18.4 Å². The third-order valence-electron chi connectivity index (χ3n) is 3.91. The maximum absolute atomic E-state index is 11.1. The van der Waals surface area contributed by atoms with Gasteiger partial charge in [0.2, 0.25) is 11.8 Å². The van der Waals surface area contributed by atoms with Crippen LogP contribution in [0.15, 0.2) is 53.7 Å². The molecule has 9 heteroatoms. The Labute approximate surface area is 155 Å². The second kappa shape index (κ2) is 7.68. The first-order valence-corrected chi connectivity index (χ1v) is 9.63. The Bertz CT molecular complexity index is 1080. The van der Waals surface area contributed by atoms with Crippen LogP contribution in [-0.2, 0) is 19.7 Å². The number of nitrogens with one attached hydrogen (secondary N) is 2. The molecule has 1 fully saturated rings. The van der Waals surface area contributed by atoms with E-state index in [0.717, 1.165) is 11.1 Å². The Kier molecular flexibility index (Phi) is 5.33. The zero-order valence-corrected chi connectivity index (χ0v) is 15.0. The second-order valence-electron chi connectivity index (χ2n) is 5.91. The van der Waals surface area contributed by atoms with E-state index in [-0.39, 0.29) is 11.8 Å². The van der Waals surface area contributed by atoms with Crippen LogP contribution in [0.1, 0.15) is 19.3 Å². The summed E-state index contributed by atoms with van der Waals surface area (Å²) in [5, 5.41) is 1.76. The summed E-state index contributed by atoms with van der Waals surface area (Å²) >= 11 is 0. The Balaban J connectivity index is 0.000000221. The molecular formula is C18H17N3O5S. The number of H-pyrrole nitrogens is 1. The fraction of sp³-hybridized carbons (Fsp3) is 0.167. The zero-order chi connectivity index (χ0) is 19.4. The van der Waals surface area contributed by atoms with Crippen LogP contribution >= 0.6 is 0 Å². The molecule has 1 saturated heterocycles. The van der Waals surface area contributed by atoms with Gasteiger partial charge < -0.3 is 4.98 Å². The van der Waals surface area contributed by atoms with Gasteiger partial charge in [-0.15, -0.1) is 0 Å². The molecule has 1 aliphatic rings. The lowest BCUT2D eigenvalue weighted by molar-refractivity contribution is -0.132. The molecule has 0 atom stereocenters. The Morgan fingerprint density at radius 2 is 1.59 bits per heavy atom. The molecule has 4 rings (SSSR count). The van der Waals surface area contributed by atoms with Gasteiger partial charge in [-0.3, -0.25) is 19.5 Å². The van der Waals surface area contributed by atoms with Crippen LogP contribution in [0.5, 0.6) is 0 Å². The first kappa shape index (κ1) is 18.7. The number of para-hydroxylation sites is 1. The number of hydrogen-bond donors (Lipinski definition) is 3. The number of aromatic amines is 1. The van der Waals surface area contributed by atoms with Crippen molar-refractivity contribution in [2.75, 3.05) is 0 Å². The number of hydrogen-bond acceptors (Lipinski definition) is 5. The molecule has 3 N–H and O–H groups in total. The van der Waals surface area contributed by atoms with Crippen LogP contribution < -0.4 is 5.32 Å². The van der Waals surface area contributed by atoms with Gasteiger partial charge in [-0.05, 0) is 18.1 Å². The third-order valence-corrected chi connectivity index (χ3v) is 4.59. The molecule has 140 valence electrons. The number of piperidine rings is 1. The van der Waals surface area contributed by atoms with Gasteiger partial charge in [-0.25, -0.2) is 4.98 Å². The summed E-state index contributed by atoms with van der Waals surface area (Å²) in [5.74, 6) is -0.275. The summed E-state index contributed by atoms with van der Waals surface area (Å²) in [6, 6.07) is 14.9. The number of nitrogens with zero attached hydrogens (tertiary/aromatic N) is 1. The molecule has 0 spiro atoms. The van der Waals surface area contributed by atoms with Gasteiger partial charge in [0.05, 0.1) is 11.0 Å². The molecule has 2 amide bonds.